The standard InChI is InChI=1S/C10H8F2O2S/c11-10(12)3-4-15-8-2-1-6(9(13)14)5-7(8)10/h1-2,5H,3-4H2,(H,13,14). The van der Waals surface area contributed by atoms with Gasteiger partial charge in [-0.2, -0.15) is 0 Å². The van der Waals surface area contributed by atoms with E-state index >= 15 is 0 Å². The van der Waals surface area contributed by atoms with Gasteiger partial charge in [-0.15, -0.1) is 11.8 Å². The first-order chi connectivity index (χ1) is 7.00. The van der Waals surface area contributed by atoms with Crippen LogP contribution >= 0.6 is 11.8 Å². The summed E-state index contributed by atoms with van der Waals surface area (Å²) in [5.41, 5.74) is -0.241. The molecule has 0 aromatic heterocycles. The van der Waals surface area contributed by atoms with E-state index in [-0.39, 0.29) is 17.5 Å². The van der Waals surface area contributed by atoms with Gasteiger partial charge in [0, 0.05) is 22.6 Å². The van der Waals surface area contributed by atoms with Gasteiger partial charge in [-0.3, -0.25) is 0 Å². The minimum absolute atomic E-state index is 0.0871. The summed E-state index contributed by atoms with van der Waals surface area (Å²) in [5, 5.41) is 8.70. The Bertz CT molecular complexity index is 418. The van der Waals surface area contributed by atoms with Crippen LogP contribution in [0.1, 0.15) is 22.3 Å². The van der Waals surface area contributed by atoms with Crippen molar-refractivity contribution in [1.29, 1.82) is 0 Å². The van der Waals surface area contributed by atoms with E-state index in [4.69, 9.17) is 5.11 Å². The van der Waals surface area contributed by atoms with E-state index in [0.29, 0.717) is 10.6 Å². The Balaban J connectivity index is 2.53. The van der Waals surface area contributed by atoms with Gasteiger partial charge in [0.1, 0.15) is 0 Å². The molecule has 1 aromatic carbocycles. The molecule has 1 aromatic rings. The maximum atomic E-state index is 13.4. The molecule has 0 amide bonds. The highest BCUT2D eigenvalue weighted by Gasteiger charge is 2.37. The minimum Gasteiger partial charge on any atom is -0.478 e. The molecule has 0 fully saturated rings. The molecule has 0 spiro atoms. The van der Waals surface area contributed by atoms with Crippen molar-refractivity contribution in [3.63, 3.8) is 0 Å². The Hall–Kier alpha value is -1.10. The van der Waals surface area contributed by atoms with E-state index in [1.54, 1.807) is 0 Å². The molecule has 1 aliphatic heterocycles. The van der Waals surface area contributed by atoms with Crippen molar-refractivity contribution in [2.75, 3.05) is 5.75 Å². The van der Waals surface area contributed by atoms with Crippen LogP contribution < -0.4 is 0 Å². The van der Waals surface area contributed by atoms with Gasteiger partial charge >= 0.3 is 5.97 Å². The van der Waals surface area contributed by atoms with E-state index in [1.165, 1.54) is 23.9 Å². The van der Waals surface area contributed by atoms with Crippen molar-refractivity contribution in [1.82, 2.24) is 0 Å². The summed E-state index contributed by atoms with van der Waals surface area (Å²) in [4.78, 5) is 11.1. The SMILES string of the molecule is O=C(O)c1ccc2c(c1)C(F)(F)CCS2. The number of halogens is 2. The molecule has 1 heterocycles. The van der Waals surface area contributed by atoms with Gasteiger partial charge < -0.3 is 5.11 Å². The second kappa shape index (κ2) is 3.48. The predicted molar refractivity (Wildman–Crippen MR) is 52.6 cm³/mol. The Morgan fingerprint density at radius 3 is 2.87 bits per heavy atom. The van der Waals surface area contributed by atoms with E-state index in [1.807, 2.05) is 0 Å². The Kier molecular flexibility index (Phi) is 2.42. The molecular weight excluding hydrogens is 222 g/mol. The van der Waals surface area contributed by atoms with Crippen LogP contribution in [0.15, 0.2) is 23.1 Å². The van der Waals surface area contributed by atoms with Crippen molar-refractivity contribution in [3.05, 3.63) is 29.3 Å². The van der Waals surface area contributed by atoms with E-state index in [9.17, 15) is 13.6 Å². The van der Waals surface area contributed by atoms with Crippen LogP contribution in [-0.2, 0) is 5.92 Å². The van der Waals surface area contributed by atoms with Crippen LogP contribution in [0.2, 0.25) is 0 Å². The lowest BCUT2D eigenvalue weighted by atomic mass is 10.0. The highest BCUT2D eigenvalue weighted by Crippen LogP contribution is 2.44. The largest absolute Gasteiger partial charge is 0.478 e. The maximum Gasteiger partial charge on any atom is 0.335 e. The third-order valence-corrected chi connectivity index (χ3v) is 3.37. The third kappa shape index (κ3) is 1.84. The van der Waals surface area contributed by atoms with Gasteiger partial charge in [-0.05, 0) is 18.2 Å². The average molecular weight is 230 g/mol. The Morgan fingerprint density at radius 2 is 2.20 bits per heavy atom. The molecule has 80 valence electrons. The molecule has 2 nitrogen and oxygen atoms in total. The number of alkyl halides is 2. The second-order valence-corrected chi connectivity index (χ2v) is 4.46. The lowest BCUT2D eigenvalue weighted by Gasteiger charge is -2.24. The van der Waals surface area contributed by atoms with Crippen molar-refractivity contribution >= 4 is 17.7 Å². The molecule has 0 saturated carbocycles. The average Bonchev–Trinajstić information content (AvgIpc) is 2.17. The number of hydrogen-bond acceptors (Lipinski definition) is 2. The van der Waals surface area contributed by atoms with E-state index in [2.05, 4.69) is 0 Å². The first kappa shape index (κ1) is 10.4. The Labute approximate surface area is 89.3 Å². The minimum atomic E-state index is -2.90. The molecule has 15 heavy (non-hydrogen) atoms. The number of thioether (sulfide) groups is 1. The number of carboxylic acids is 1. The zero-order valence-electron chi connectivity index (χ0n) is 7.67. The monoisotopic (exact) mass is 230 g/mol. The van der Waals surface area contributed by atoms with Gasteiger partial charge in [0.2, 0.25) is 0 Å². The van der Waals surface area contributed by atoms with E-state index in [0.717, 1.165) is 6.07 Å². The fraction of sp³-hybridized carbons (Fsp3) is 0.300. The molecule has 1 N–H and O–H groups in total. The lowest BCUT2D eigenvalue weighted by molar-refractivity contribution is -0.0116. The molecule has 2 rings (SSSR count). The lowest BCUT2D eigenvalue weighted by Crippen LogP contribution is -2.20. The van der Waals surface area contributed by atoms with Gasteiger partial charge in [-0.1, -0.05) is 0 Å². The quantitative estimate of drug-likeness (QED) is 0.805. The molecule has 0 unspecified atom stereocenters. The summed E-state index contributed by atoms with van der Waals surface area (Å²) in [6, 6.07) is 3.88. The first-order valence-corrected chi connectivity index (χ1v) is 5.38. The molecular formula is C10H8F2O2S. The van der Waals surface area contributed by atoms with Gasteiger partial charge in [0.25, 0.3) is 5.92 Å². The number of benzene rings is 1. The summed E-state index contributed by atoms with van der Waals surface area (Å²) in [7, 11) is 0. The number of aromatic carboxylic acids is 1. The summed E-state index contributed by atoms with van der Waals surface area (Å²) in [6.07, 6.45) is -0.228. The van der Waals surface area contributed by atoms with Crippen molar-refractivity contribution in [2.24, 2.45) is 0 Å². The summed E-state index contributed by atoms with van der Waals surface area (Å²) in [6.45, 7) is 0. The number of carboxylic acid groups (broad SMARTS) is 1. The number of carbonyl (C=O) groups is 1. The van der Waals surface area contributed by atoms with Crippen molar-refractivity contribution < 1.29 is 18.7 Å². The van der Waals surface area contributed by atoms with Gasteiger partial charge in [0.05, 0.1) is 5.56 Å². The van der Waals surface area contributed by atoms with Crippen LogP contribution in [0.4, 0.5) is 8.78 Å². The zero-order valence-corrected chi connectivity index (χ0v) is 8.48. The number of hydrogen-bond donors (Lipinski definition) is 1. The molecule has 1 aliphatic rings. The maximum absolute atomic E-state index is 13.4. The van der Waals surface area contributed by atoms with Crippen molar-refractivity contribution in [3.8, 4) is 0 Å². The highest BCUT2D eigenvalue weighted by atomic mass is 32.2. The fourth-order valence-electron chi connectivity index (χ4n) is 1.50. The number of rotatable bonds is 1. The molecule has 0 radical (unpaired) electrons. The zero-order chi connectivity index (χ0) is 11.1. The van der Waals surface area contributed by atoms with Gasteiger partial charge in [-0.25, -0.2) is 13.6 Å². The summed E-state index contributed by atoms with van der Waals surface area (Å²) >= 11 is 1.34. The molecule has 0 atom stereocenters. The molecule has 0 bridgehead atoms. The third-order valence-electron chi connectivity index (χ3n) is 2.29. The number of fused-ring (bicyclic) bond motifs is 1. The predicted octanol–water partition coefficient (Wildman–Crippen LogP) is 2.97. The van der Waals surface area contributed by atoms with Crippen LogP contribution in [0.25, 0.3) is 0 Å². The van der Waals surface area contributed by atoms with Crippen LogP contribution in [0, 0.1) is 0 Å². The highest BCUT2D eigenvalue weighted by molar-refractivity contribution is 7.99. The molecule has 0 aliphatic carbocycles. The first-order valence-electron chi connectivity index (χ1n) is 4.39. The topological polar surface area (TPSA) is 37.3 Å². The second-order valence-electron chi connectivity index (χ2n) is 3.32. The summed E-state index contributed by atoms with van der Waals surface area (Å²) < 4.78 is 26.9. The van der Waals surface area contributed by atoms with Gasteiger partial charge in [0.15, 0.2) is 0 Å². The smallest absolute Gasteiger partial charge is 0.335 e. The Morgan fingerprint density at radius 1 is 1.47 bits per heavy atom. The van der Waals surface area contributed by atoms with Crippen LogP contribution in [0.3, 0.4) is 0 Å². The van der Waals surface area contributed by atoms with Crippen molar-refractivity contribution in [2.45, 2.75) is 17.2 Å². The fourth-order valence-corrected chi connectivity index (χ4v) is 2.60. The van der Waals surface area contributed by atoms with E-state index < -0.39 is 11.9 Å². The molecule has 5 heteroatoms. The van der Waals surface area contributed by atoms with Crippen LogP contribution in [-0.4, -0.2) is 16.8 Å². The summed E-state index contributed by atoms with van der Waals surface area (Å²) in [5.74, 6) is -3.71. The molecule has 0 saturated heterocycles. The van der Waals surface area contributed by atoms with Crippen LogP contribution in [0.5, 0.6) is 0 Å². The normalized spacial score (nSPS) is 18.3.